The van der Waals surface area contributed by atoms with Crippen molar-refractivity contribution >= 4 is 29.2 Å². The van der Waals surface area contributed by atoms with Gasteiger partial charge in [0.25, 0.3) is 0 Å². The third-order valence-corrected chi connectivity index (χ3v) is 3.97. The first-order valence-electron chi connectivity index (χ1n) is 7.04. The molecule has 6 heteroatoms. The predicted octanol–water partition coefficient (Wildman–Crippen LogP) is 2.31. The SMILES string of the molecule is C#Cc1ccc(Cl)c(NC(=O)NCC[C@@H]2CC(=O)N(C)C2)c1. The maximum atomic E-state index is 11.9. The van der Waals surface area contributed by atoms with Crippen molar-refractivity contribution in [2.75, 3.05) is 25.5 Å². The average molecular weight is 320 g/mol. The Balaban J connectivity index is 1.79. The fraction of sp³-hybridized carbons (Fsp3) is 0.375. The highest BCUT2D eigenvalue weighted by molar-refractivity contribution is 6.33. The quantitative estimate of drug-likeness (QED) is 0.837. The number of hydrogen-bond acceptors (Lipinski definition) is 2. The Bertz CT molecular complexity index is 624. The summed E-state index contributed by atoms with van der Waals surface area (Å²) in [5, 5.41) is 5.86. The number of carbonyl (C=O) groups excluding carboxylic acids is 2. The molecule has 1 aliphatic rings. The van der Waals surface area contributed by atoms with Gasteiger partial charge in [-0.1, -0.05) is 17.5 Å². The minimum absolute atomic E-state index is 0.160. The minimum Gasteiger partial charge on any atom is -0.345 e. The van der Waals surface area contributed by atoms with Crippen molar-refractivity contribution in [1.29, 1.82) is 0 Å². The van der Waals surface area contributed by atoms with E-state index in [1.54, 1.807) is 30.1 Å². The van der Waals surface area contributed by atoms with E-state index in [1.165, 1.54) is 0 Å². The van der Waals surface area contributed by atoms with Crippen molar-refractivity contribution in [1.82, 2.24) is 10.2 Å². The molecule has 2 N–H and O–H groups in total. The Labute approximate surface area is 135 Å². The highest BCUT2D eigenvalue weighted by atomic mass is 35.5. The van der Waals surface area contributed by atoms with Crippen LogP contribution in [0.2, 0.25) is 5.02 Å². The van der Waals surface area contributed by atoms with Gasteiger partial charge in [0.2, 0.25) is 5.91 Å². The van der Waals surface area contributed by atoms with Crippen molar-refractivity contribution in [3.05, 3.63) is 28.8 Å². The van der Waals surface area contributed by atoms with E-state index in [-0.39, 0.29) is 11.9 Å². The molecule has 1 saturated heterocycles. The Morgan fingerprint density at radius 2 is 2.32 bits per heavy atom. The van der Waals surface area contributed by atoms with Crippen LogP contribution in [-0.4, -0.2) is 37.0 Å². The van der Waals surface area contributed by atoms with Crippen molar-refractivity contribution in [3.63, 3.8) is 0 Å². The number of nitrogens with one attached hydrogen (secondary N) is 2. The molecule has 22 heavy (non-hydrogen) atoms. The molecule has 0 saturated carbocycles. The smallest absolute Gasteiger partial charge is 0.319 e. The molecule has 0 aliphatic carbocycles. The van der Waals surface area contributed by atoms with Gasteiger partial charge >= 0.3 is 6.03 Å². The maximum absolute atomic E-state index is 11.9. The molecule has 0 aromatic heterocycles. The summed E-state index contributed by atoms with van der Waals surface area (Å²) in [6.07, 6.45) is 6.64. The Morgan fingerprint density at radius 1 is 1.55 bits per heavy atom. The lowest BCUT2D eigenvalue weighted by Gasteiger charge is -2.12. The number of nitrogens with zero attached hydrogens (tertiary/aromatic N) is 1. The Hall–Kier alpha value is -2.19. The van der Waals surface area contributed by atoms with Gasteiger partial charge in [-0.15, -0.1) is 6.42 Å². The molecule has 0 radical (unpaired) electrons. The highest BCUT2D eigenvalue weighted by Crippen LogP contribution is 2.22. The van der Waals surface area contributed by atoms with Crippen LogP contribution in [-0.2, 0) is 4.79 Å². The topological polar surface area (TPSA) is 61.4 Å². The molecule has 1 aromatic rings. The van der Waals surface area contributed by atoms with Gasteiger partial charge in [0.1, 0.15) is 0 Å². The lowest BCUT2D eigenvalue weighted by atomic mass is 10.1. The summed E-state index contributed by atoms with van der Waals surface area (Å²) in [7, 11) is 1.79. The summed E-state index contributed by atoms with van der Waals surface area (Å²) in [4.78, 5) is 25.0. The summed E-state index contributed by atoms with van der Waals surface area (Å²) in [6.45, 7) is 1.25. The number of hydrogen-bond donors (Lipinski definition) is 2. The number of urea groups is 1. The van der Waals surface area contributed by atoms with Crippen LogP contribution in [0.1, 0.15) is 18.4 Å². The number of likely N-dealkylation sites (tertiary alicyclic amines) is 1. The maximum Gasteiger partial charge on any atom is 0.319 e. The molecule has 0 spiro atoms. The van der Waals surface area contributed by atoms with Crippen LogP contribution in [0.4, 0.5) is 10.5 Å². The average Bonchev–Trinajstić information content (AvgIpc) is 2.80. The van der Waals surface area contributed by atoms with Crippen molar-refractivity contribution in [2.24, 2.45) is 5.92 Å². The summed E-state index contributed by atoms with van der Waals surface area (Å²) < 4.78 is 0. The summed E-state index contributed by atoms with van der Waals surface area (Å²) in [6, 6.07) is 4.66. The van der Waals surface area contributed by atoms with E-state index in [0.717, 1.165) is 13.0 Å². The lowest BCUT2D eigenvalue weighted by molar-refractivity contribution is -0.126. The zero-order valence-corrected chi connectivity index (χ0v) is 13.1. The van der Waals surface area contributed by atoms with Gasteiger partial charge in [-0.3, -0.25) is 4.79 Å². The molecule has 0 bridgehead atoms. The summed E-state index contributed by atoms with van der Waals surface area (Å²) in [5.41, 5.74) is 1.12. The molecule has 2 rings (SSSR count). The number of benzene rings is 1. The van der Waals surface area contributed by atoms with Gasteiger partial charge in [0.15, 0.2) is 0 Å². The van der Waals surface area contributed by atoms with E-state index in [4.69, 9.17) is 18.0 Å². The van der Waals surface area contributed by atoms with E-state index in [9.17, 15) is 9.59 Å². The van der Waals surface area contributed by atoms with Crippen LogP contribution in [0.3, 0.4) is 0 Å². The van der Waals surface area contributed by atoms with E-state index < -0.39 is 0 Å². The number of carbonyl (C=O) groups is 2. The van der Waals surface area contributed by atoms with Crippen LogP contribution >= 0.6 is 11.6 Å². The molecule has 1 heterocycles. The molecule has 5 nitrogen and oxygen atoms in total. The van der Waals surface area contributed by atoms with Gasteiger partial charge in [0.05, 0.1) is 10.7 Å². The molecule has 0 unspecified atom stereocenters. The summed E-state index contributed by atoms with van der Waals surface area (Å²) >= 11 is 6.01. The van der Waals surface area contributed by atoms with Gasteiger partial charge in [-0.05, 0) is 30.5 Å². The van der Waals surface area contributed by atoms with E-state index >= 15 is 0 Å². The number of rotatable bonds is 4. The second-order valence-electron chi connectivity index (χ2n) is 5.35. The number of halogens is 1. The summed E-state index contributed by atoms with van der Waals surface area (Å²) in [5.74, 6) is 2.95. The molecule has 1 aliphatic heterocycles. The second-order valence-corrected chi connectivity index (χ2v) is 5.76. The Kier molecular flexibility index (Phi) is 5.29. The van der Waals surface area contributed by atoms with Crippen molar-refractivity contribution in [3.8, 4) is 12.3 Å². The van der Waals surface area contributed by atoms with Crippen LogP contribution in [0.5, 0.6) is 0 Å². The van der Waals surface area contributed by atoms with Crippen LogP contribution in [0.25, 0.3) is 0 Å². The van der Waals surface area contributed by atoms with Gasteiger partial charge in [0, 0.05) is 32.1 Å². The second kappa shape index (κ2) is 7.19. The standard InChI is InChI=1S/C16H18ClN3O2/c1-3-11-4-5-13(17)14(8-11)19-16(22)18-7-6-12-9-15(21)20(2)10-12/h1,4-5,8,12H,6-7,9-10H2,2H3,(H2,18,19,22)/t12-/m1/s1. The zero-order chi connectivity index (χ0) is 16.1. The monoisotopic (exact) mass is 319 g/mol. The molecule has 116 valence electrons. The number of amides is 3. The first-order valence-corrected chi connectivity index (χ1v) is 7.42. The van der Waals surface area contributed by atoms with Crippen molar-refractivity contribution in [2.45, 2.75) is 12.8 Å². The van der Waals surface area contributed by atoms with Crippen molar-refractivity contribution < 1.29 is 9.59 Å². The van der Waals surface area contributed by atoms with Crippen LogP contribution < -0.4 is 10.6 Å². The van der Waals surface area contributed by atoms with Crippen LogP contribution in [0, 0.1) is 18.3 Å². The molecule has 1 aromatic carbocycles. The first-order chi connectivity index (χ1) is 10.5. The predicted molar refractivity (Wildman–Crippen MR) is 86.8 cm³/mol. The number of anilines is 1. The third-order valence-electron chi connectivity index (χ3n) is 3.64. The zero-order valence-electron chi connectivity index (χ0n) is 12.4. The highest BCUT2D eigenvalue weighted by Gasteiger charge is 2.26. The largest absolute Gasteiger partial charge is 0.345 e. The minimum atomic E-state index is -0.339. The van der Waals surface area contributed by atoms with E-state index in [0.29, 0.717) is 35.2 Å². The van der Waals surface area contributed by atoms with Gasteiger partial charge < -0.3 is 15.5 Å². The fourth-order valence-corrected chi connectivity index (χ4v) is 2.58. The Morgan fingerprint density at radius 3 is 2.95 bits per heavy atom. The normalized spacial score (nSPS) is 17.2. The molecule has 3 amide bonds. The molecule has 1 atom stereocenters. The molecule has 1 fully saturated rings. The van der Waals surface area contributed by atoms with Gasteiger partial charge in [-0.2, -0.15) is 0 Å². The third kappa shape index (κ3) is 4.15. The van der Waals surface area contributed by atoms with E-state index in [2.05, 4.69) is 16.6 Å². The van der Waals surface area contributed by atoms with Crippen LogP contribution in [0.15, 0.2) is 18.2 Å². The van der Waals surface area contributed by atoms with Gasteiger partial charge in [-0.25, -0.2) is 4.79 Å². The van der Waals surface area contributed by atoms with E-state index in [1.807, 2.05) is 0 Å². The fourth-order valence-electron chi connectivity index (χ4n) is 2.42. The number of terminal acetylenes is 1. The first kappa shape index (κ1) is 16.2. The molecular weight excluding hydrogens is 302 g/mol. The lowest BCUT2D eigenvalue weighted by Crippen LogP contribution is -2.31. The molecular formula is C16H18ClN3O2.